The molecule has 3 heteroatoms. The average molecular weight is 210 g/mol. The van der Waals surface area contributed by atoms with Crippen molar-refractivity contribution in [1.82, 2.24) is 0 Å². The minimum atomic E-state index is 0. The second-order valence-electron chi connectivity index (χ2n) is 2.85. The zero-order valence-corrected chi connectivity index (χ0v) is 8.66. The lowest BCUT2D eigenvalue weighted by Gasteiger charge is -2.09. The van der Waals surface area contributed by atoms with Crippen LogP contribution < -0.4 is 9.47 Å². The Kier molecular flexibility index (Phi) is 5.45. The topological polar surface area (TPSA) is 35.5 Å². The number of hydrogen-bond donors (Lipinski definition) is 0. The molecule has 0 saturated heterocycles. The van der Waals surface area contributed by atoms with Gasteiger partial charge in [-0.2, -0.15) is 0 Å². The third kappa shape index (κ3) is 3.27. The van der Waals surface area contributed by atoms with Crippen molar-refractivity contribution in [2.75, 3.05) is 13.7 Å². The van der Waals surface area contributed by atoms with Crippen molar-refractivity contribution in [1.29, 1.82) is 0 Å². The van der Waals surface area contributed by atoms with Crippen LogP contribution in [0.1, 0.15) is 31.6 Å². The van der Waals surface area contributed by atoms with Gasteiger partial charge in [0, 0.05) is 5.56 Å². The summed E-state index contributed by atoms with van der Waals surface area (Å²) in [6, 6.07) is 5.17. The summed E-state index contributed by atoms with van der Waals surface area (Å²) in [5.74, 6) is 1.28. The van der Waals surface area contributed by atoms with Crippen molar-refractivity contribution < 1.29 is 14.3 Å². The van der Waals surface area contributed by atoms with Crippen LogP contribution >= 0.6 is 0 Å². The molecule has 0 bridgehead atoms. The summed E-state index contributed by atoms with van der Waals surface area (Å²) in [5, 5.41) is 0. The maximum Gasteiger partial charge on any atom is 0.161 e. The van der Waals surface area contributed by atoms with Gasteiger partial charge in [-0.3, -0.25) is 4.79 Å². The number of carbonyl (C=O) groups is 1. The third-order valence-corrected chi connectivity index (χ3v) is 1.87. The molecule has 0 amide bonds. The molecule has 0 aliphatic rings. The summed E-state index contributed by atoms with van der Waals surface area (Å²) in [6.07, 6.45) is 0. The van der Waals surface area contributed by atoms with Crippen LogP contribution in [0, 0.1) is 0 Å². The zero-order valence-electron chi connectivity index (χ0n) is 8.66. The van der Waals surface area contributed by atoms with E-state index < -0.39 is 0 Å². The highest BCUT2D eigenvalue weighted by Crippen LogP contribution is 2.27. The number of carbonyl (C=O) groups excluding carboxylic acids is 1. The second-order valence-corrected chi connectivity index (χ2v) is 2.85. The van der Waals surface area contributed by atoms with E-state index in [0.717, 1.165) is 0 Å². The number of ketones is 1. The Morgan fingerprint density at radius 1 is 1.33 bits per heavy atom. The highest BCUT2D eigenvalue weighted by atomic mass is 16.5. The van der Waals surface area contributed by atoms with E-state index in [0.29, 0.717) is 23.7 Å². The molecule has 0 N–H and O–H groups in total. The Labute approximate surface area is 91.0 Å². The largest absolute Gasteiger partial charge is 0.493 e. The van der Waals surface area contributed by atoms with E-state index in [-0.39, 0.29) is 13.2 Å². The lowest BCUT2D eigenvalue weighted by atomic mass is 10.1. The molecule has 1 aromatic carbocycles. The van der Waals surface area contributed by atoms with Gasteiger partial charge in [-0.25, -0.2) is 0 Å². The lowest BCUT2D eigenvalue weighted by molar-refractivity contribution is 0.101. The molecule has 0 radical (unpaired) electrons. The maximum atomic E-state index is 11.1. The molecular weight excluding hydrogens is 192 g/mol. The molecule has 1 aromatic rings. The first kappa shape index (κ1) is 13.5. The normalized spacial score (nSPS) is 9.00. The zero-order chi connectivity index (χ0) is 10.6. The first-order chi connectivity index (χ1) is 6.69. The van der Waals surface area contributed by atoms with Crippen LogP contribution in [0.4, 0.5) is 0 Å². The number of Topliss-reactive ketones (excluding diaryl/α,β-unsaturated/α-hetero) is 1. The third-order valence-electron chi connectivity index (χ3n) is 1.87. The molecule has 0 unspecified atom stereocenters. The Morgan fingerprint density at radius 3 is 2.47 bits per heavy atom. The Bertz CT molecular complexity index is 332. The first-order valence-corrected chi connectivity index (χ1v) is 4.50. The van der Waals surface area contributed by atoms with Crippen LogP contribution in [0.5, 0.6) is 11.5 Å². The molecular formula is C12H18O3. The Hall–Kier alpha value is -1.51. The molecule has 0 spiro atoms. The summed E-state index contributed by atoms with van der Waals surface area (Å²) in [4.78, 5) is 11.1. The molecule has 0 aliphatic heterocycles. The van der Waals surface area contributed by atoms with Crippen molar-refractivity contribution in [3.63, 3.8) is 0 Å². The van der Waals surface area contributed by atoms with Gasteiger partial charge in [0.05, 0.1) is 13.7 Å². The van der Waals surface area contributed by atoms with E-state index in [1.165, 1.54) is 6.92 Å². The molecule has 1 rings (SSSR count). The smallest absolute Gasteiger partial charge is 0.161 e. The fourth-order valence-electron chi connectivity index (χ4n) is 1.16. The molecule has 0 atom stereocenters. The maximum absolute atomic E-state index is 11.1. The fourth-order valence-corrected chi connectivity index (χ4v) is 1.16. The van der Waals surface area contributed by atoms with Gasteiger partial charge < -0.3 is 9.47 Å². The monoisotopic (exact) mass is 210 g/mol. The fraction of sp³-hybridized carbons (Fsp3) is 0.417. The molecule has 0 heterocycles. The predicted molar refractivity (Wildman–Crippen MR) is 60.9 cm³/mol. The number of ether oxygens (including phenoxy) is 2. The number of rotatable bonds is 4. The molecule has 3 nitrogen and oxygen atoms in total. The van der Waals surface area contributed by atoms with Crippen LogP contribution in [0.2, 0.25) is 0 Å². The number of hydrogen-bond acceptors (Lipinski definition) is 3. The molecule has 0 aromatic heterocycles. The van der Waals surface area contributed by atoms with E-state index in [4.69, 9.17) is 9.47 Å². The van der Waals surface area contributed by atoms with Gasteiger partial charge in [0.25, 0.3) is 0 Å². The van der Waals surface area contributed by atoms with Gasteiger partial charge in [0.15, 0.2) is 17.3 Å². The number of methoxy groups -OCH3 is 1. The Morgan fingerprint density at radius 2 is 2.00 bits per heavy atom. The van der Waals surface area contributed by atoms with Gasteiger partial charge in [-0.1, -0.05) is 7.43 Å². The van der Waals surface area contributed by atoms with E-state index >= 15 is 0 Å². The van der Waals surface area contributed by atoms with E-state index in [2.05, 4.69) is 0 Å². The molecule has 15 heavy (non-hydrogen) atoms. The van der Waals surface area contributed by atoms with Gasteiger partial charge in [0.1, 0.15) is 0 Å². The molecule has 0 aliphatic carbocycles. The second kappa shape index (κ2) is 6.06. The predicted octanol–water partition coefficient (Wildman–Crippen LogP) is 2.93. The van der Waals surface area contributed by atoms with Crippen LogP contribution in [0.15, 0.2) is 18.2 Å². The quantitative estimate of drug-likeness (QED) is 0.717. The van der Waals surface area contributed by atoms with Crippen molar-refractivity contribution in [2.45, 2.75) is 21.3 Å². The van der Waals surface area contributed by atoms with Gasteiger partial charge in [-0.15, -0.1) is 0 Å². The highest BCUT2D eigenvalue weighted by Gasteiger charge is 2.07. The van der Waals surface area contributed by atoms with Crippen molar-refractivity contribution >= 4 is 5.78 Å². The van der Waals surface area contributed by atoms with Crippen molar-refractivity contribution in [3.8, 4) is 11.5 Å². The standard InChI is InChI=1S/C11H14O3.CH4/c1-4-14-10-6-5-9(8(2)12)7-11(10)13-3;/h5-7H,4H2,1-3H3;1H4. The highest BCUT2D eigenvalue weighted by molar-refractivity contribution is 5.94. The van der Waals surface area contributed by atoms with Crippen LogP contribution in [0.3, 0.4) is 0 Å². The molecule has 84 valence electrons. The van der Waals surface area contributed by atoms with Crippen LogP contribution in [-0.4, -0.2) is 19.5 Å². The summed E-state index contributed by atoms with van der Waals surface area (Å²) in [5.41, 5.74) is 0.630. The van der Waals surface area contributed by atoms with E-state index in [1.54, 1.807) is 25.3 Å². The minimum absolute atomic E-state index is 0. The van der Waals surface area contributed by atoms with Crippen molar-refractivity contribution in [2.24, 2.45) is 0 Å². The molecule has 0 fully saturated rings. The minimum Gasteiger partial charge on any atom is -0.493 e. The summed E-state index contributed by atoms with van der Waals surface area (Å²) in [7, 11) is 1.56. The number of benzene rings is 1. The average Bonchev–Trinajstić information content (AvgIpc) is 2.18. The van der Waals surface area contributed by atoms with E-state index in [9.17, 15) is 4.79 Å². The van der Waals surface area contributed by atoms with Crippen LogP contribution in [0.25, 0.3) is 0 Å². The Balaban J connectivity index is 0.00000196. The lowest BCUT2D eigenvalue weighted by Crippen LogP contribution is -1.98. The summed E-state index contributed by atoms with van der Waals surface area (Å²) < 4.78 is 10.4. The van der Waals surface area contributed by atoms with Crippen LogP contribution in [-0.2, 0) is 0 Å². The summed E-state index contributed by atoms with van der Waals surface area (Å²) >= 11 is 0. The van der Waals surface area contributed by atoms with E-state index in [1.807, 2.05) is 6.92 Å². The van der Waals surface area contributed by atoms with Crippen molar-refractivity contribution in [3.05, 3.63) is 23.8 Å². The SMILES string of the molecule is C.CCOc1ccc(C(C)=O)cc1OC. The van der Waals surface area contributed by atoms with Gasteiger partial charge in [-0.05, 0) is 32.0 Å². The van der Waals surface area contributed by atoms with Gasteiger partial charge >= 0.3 is 0 Å². The molecule has 0 saturated carbocycles. The first-order valence-electron chi connectivity index (χ1n) is 4.50. The summed E-state index contributed by atoms with van der Waals surface area (Å²) in [6.45, 7) is 4.00. The van der Waals surface area contributed by atoms with Gasteiger partial charge in [0.2, 0.25) is 0 Å².